The van der Waals surface area contributed by atoms with Crippen molar-refractivity contribution in [1.82, 2.24) is 24.6 Å². The molecule has 0 bridgehead atoms. The van der Waals surface area contributed by atoms with Crippen molar-refractivity contribution in [2.24, 2.45) is 7.05 Å². The van der Waals surface area contributed by atoms with Crippen LogP contribution in [0, 0.1) is 0 Å². The van der Waals surface area contributed by atoms with E-state index in [1.165, 1.54) is 0 Å². The van der Waals surface area contributed by atoms with E-state index in [0.717, 1.165) is 59.9 Å². The summed E-state index contributed by atoms with van der Waals surface area (Å²) in [7, 11) is 1.92. The summed E-state index contributed by atoms with van der Waals surface area (Å²) in [4.78, 5) is 5.87. The maximum Gasteiger partial charge on any atom is 0.158 e. The van der Waals surface area contributed by atoms with Crippen LogP contribution in [0.5, 0.6) is 0 Å². The highest BCUT2D eigenvalue weighted by Gasteiger charge is 2.26. The fourth-order valence-corrected chi connectivity index (χ4v) is 4.05. The number of likely N-dealkylation sites (tertiary alicyclic amines) is 1. The smallest absolute Gasteiger partial charge is 0.158 e. The zero-order chi connectivity index (χ0) is 17.4. The number of fused-ring (bicyclic) bond motifs is 1. The van der Waals surface area contributed by atoms with E-state index in [1.807, 2.05) is 29.8 Å². The summed E-state index contributed by atoms with van der Waals surface area (Å²) >= 11 is 6.56. The van der Waals surface area contributed by atoms with E-state index in [1.54, 1.807) is 0 Å². The lowest BCUT2D eigenvalue weighted by Crippen LogP contribution is -2.35. The molecule has 1 aliphatic rings. The minimum Gasteiger partial charge on any atom is -0.388 e. The number of aliphatic hydroxyl groups is 1. The largest absolute Gasteiger partial charge is 0.388 e. The highest BCUT2D eigenvalue weighted by Crippen LogP contribution is 2.31. The van der Waals surface area contributed by atoms with Crippen molar-refractivity contribution in [2.45, 2.75) is 31.9 Å². The topological polar surface area (TPSA) is 70.0 Å². The summed E-state index contributed by atoms with van der Waals surface area (Å²) in [5.74, 6) is 1.90. The molecule has 0 aliphatic carbocycles. The Kier molecular flexibility index (Phi) is 4.50. The fourth-order valence-electron chi connectivity index (χ4n) is 3.77. The Morgan fingerprint density at radius 3 is 2.92 bits per heavy atom. The van der Waals surface area contributed by atoms with Gasteiger partial charge in [-0.1, -0.05) is 29.8 Å². The van der Waals surface area contributed by atoms with Crippen molar-refractivity contribution in [2.75, 3.05) is 13.1 Å². The number of piperidine rings is 1. The van der Waals surface area contributed by atoms with Crippen LogP contribution in [0.3, 0.4) is 0 Å². The third-order valence-corrected chi connectivity index (χ3v) is 5.54. The standard InChI is InChI=1S/C18H22ClN5O/c1-23-16(11-25)21-22-18(23)12-5-4-8-24(9-12)10-15-17(19)13-6-2-3-7-14(13)20-15/h2-3,6-7,12,20,25H,4-5,8-11H2,1H3/t12-/m0/s1. The van der Waals surface area contributed by atoms with Crippen LogP contribution in [0.2, 0.25) is 5.02 Å². The molecule has 3 aromatic rings. The van der Waals surface area contributed by atoms with Crippen molar-refractivity contribution in [3.63, 3.8) is 0 Å². The molecule has 1 aliphatic heterocycles. The quantitative estimate of drug-likeness (QED) is 0.751. The molecule has 1 fully saturated rings. The number of H-pyrrole nitrogens is 1. The van der Waals surface area contributed by atoms with Crippen LogP contribution in [0.25, 0.3) is 10.9 Å². The number of nitrogens with zero attached hydrogens (tertiary/aromatic N) is 4. The summed E-state index contributed by atoms with van der Waals surface area (Å²) in [6, 6.07) is 8.13. The van der Waals surface area contributed by atoms with Gasteiger partial charge >= 0.3 is 0 Å². The number of para-hydroxylation sites is 1. The highest BCUT2D eigenvalue weighted by molar-refractivity contribution is 6.36. The molecule has 1 aromatic carbocycles. The number of aromatic amines is 1. The van der Waals surface area contributed by atoms with Gasteiger partial charge in [-0.2, -0.15) is 0 Å². The number of nitrogens with one attached hydrogen (secondary N) is 1. The average Bonchev–Trinajstić information content (AvgIpc) is 3.16. The Morgan fingerprint density at radius 2 is 2.16 bits per heavy atom. The zero-order valence-electron chi connectivity index (χ0n) is 14.2. The van der Waals surface area contributed by atoms with Crippen LogP contribution in [0.15, 0.2) is 24.3 Å². The van der Waals surface area contributed by atoms with Crippen LogP contribution >= 0.6 is 11.6 Å². The second kappa shape index (κ2) is 6.78. The van der Waals surface area contributed by atoms with Crippen molar-refractivity contribution in [3.8, 4) is 0 Å². The normalized spacial score (nSPS) is 18.9. The van der Waals surface area contributed by atoms with E-state index in [0.29, 0.717) is 11.7 Å². The predicted octanol–water partition coefficient (Wildman–Crippen LogP) is 2.82. The number of aromatic nitrogens is 4. The monoisotopic (exact) mass is 359 g/mol. The van der Waals surface area contributed by atoms with Gasteiger partial charge in [0, 0.05) is 42.7 Å². The molecular weight excluding hydrogens is 338 g/mol. The summed E-state index contributed by atoms with van der Waals surface area (Å²) in [6.45, 7) is 2.69. The fraction of sp³-hybridized carbons (Fsp3) is 0.444. The molecule has 0 radical (unpaired) electrons. The molecule has 3 heterocycles. The minimum absolute atomic E-state index is 0.0788. The van der Waals surface area contributed by atoms with Crippen molar-refractivity contribution >= 4 is 22.5 Å². The number of benzene rings is 1. The summed E-state index contributed by atoms with van der Waals surface area (Å²) in [5.41, 5.74) is 2.15. The molecule has 0 spiro atoms. The summed E-state index contributed by atoms with van der Waals surface area (Å²) < 4.78 is 1.92. The molecular formula is C18H22ClN5O. The number of aliphatic hydroxyl groups excluding tert-OH is 1. The van der Waals surface area contributed by atoms with Gasteiger partial charge in [-0.05, 0) is 25.5 Å². The van der Waals surface area contributed by atoms with E-state index in [9.17, 15) is 5.11 Å². The van der Waals surface area contributed by atoms with Crippen LogP contribution in [0.1, 0.15) is 36.1 Å². The van der Waals surface area contributed by atoms with Gasteiger partial charge < -0.3 is 14.7 Å². The van der Waals surface area contributed by atoms with E-state index in [4.69, 9.17) is 11.6 Å². The van der Waals surface area contributed by atoms with Crippen LogP contribution < -0.4 is 0 Å². The molecule has 1 saturated heterocycles. The molecule has 25 heavy (non-hydrogen) atoms. The maximum atomic E-state index is 9.32. The first-order chi connectivity index (χ1) is 12.2. The minimum atomic E-state index is -0.0788. The molecule has 0 amide bonds. The third kappa shape index (κ3) is 3.05. The van der Waals surface area contributed by atoms with Gasteiger partial charge in [0.1, 0.15) is 12.4 Å². The zero-order valence-corrected chi connectivity index (χ0v) is 15.0. The van der Waals surface area contributed by atoms with Gasteiger partial charge in [-0.15, -0.1) is 10.2 Å². The first-order valence-corrected chi connectivity index (χ1v) is 9.01. The Bertz CT molecular complexity index is 887. The first-order valence-electron chi connectivity index (χ1n) is 8.64. The molecule has 6 nitrogen and oxygen atoms in total. The molecule has 2 aromatic heterocycles. The van der Waals surface area contributed by atoms with Gasteiger partial charge in [0.05, 0.1) is 5.02 Å². The average molecular weight is 360 g/mol. The Balaban J connectivity index is 1.53. The summed E-state index contributed by atoms with van der Waals surface area (Å²) in [5, 5.41) is 19.6. The van der Waals surface area contributed by atoms with Crippen LogP contribution in [-0.2, 0) is 20.2 Å². The molecule has 7 heteroatoms. The Morgan fingerprint density at radius 1 is 1.32 bits per heavy atom. The molecule has 0 unspecified atom stereocenters. The van der Waals surface area contributed by atoms with E-state index >= 15 is 0 Å². The van der Waals surface area contributed by atoms with Gasteiger partial charge in [-0.25, -0.2) is 0 Å². The van der Waals surface area contributed by atoms with Gasteiger partial charge in [-0.3, -0.25) is 4.90 Å². The SMILES string of the molecule is Cn1c(CO)nnc1[C@H]1CCCN(Cc2[nH]c3ccccc3c2Cl)C1. The molecule has 4 rings (SSSR count). The second-order valence-corrected chi connectivity index (χ2v) is 7.11. The van der Waals surface area contributed by atoms with Gasteiger partial charge in [0.2, 0.25) is 0 Å². The lowest BCUT2D eigenvalue weighted by molar-refractivity contribution is 0.193. The van der Waals surface area contributed by atoms with Crippen molar-refractivity contribution in [3.05, 3.63) is 46.6 Å². The Labute approximate surface area is 151 Å². The van der Waals surface area contributed by atoms with E-state index in [2.05, 4.69) is 26.1 Å². The van der Waals surface area contributed by atoms with Gasteiger partial charge in [0.25, 0.3) is 0 Å². The lowest BCUT2D eigenvalue weighted by atomic mass is 9.97. The number of halogens is 1. The van der Waals surface area contributed by atoms with Crippen molar-refractivity contribution < 1.29 is 5.11 Å². The maximum absolute atomic E-state index is 9.32. The predicted molar refractivity (Wildman–Crippen MR) is 97.5 cm³/mol. The molecule has 2 N–H and O–H groups in total. The Hall–Kier alpha value is -1.89. The molecule has 1 atom stereocenters. The van der Waals surface area contributed by atoms with Crippen molar-refractivity contribution in [1.29, 1.82) is 0 Å². The number of hydrogen-bond donors (Lipinski definition) is 2. The summed E-state index contributed by atoms with van der Waals surface area (Å²) in [6.07, 6.45) is 2.21. The molecule has 0 saturated carbocycles. The number of hydrogen-bond acceptors (Lipinski definition) is 4. The highest BCUT2D eigenvalue weighted by atomic mass is 35.5. The van der Waals surface area contributed by atoms with Crippen LogP contribution in [-0.4, -0.2) is 42.8 Å². The van der Waals surface area contributed by atoms with Crippen LogP contribution in [0.4, 0.5) is 0 Å². The number of rotatable bonds is 4. The van der Waals surface area contributed by atoms with E-state index in [-0.39, 0.29) is 6.61 Å². The lowest BCUT2D eigenvalue weighted by Gasteiger charge is -2.32. The first kappa shape index (κ1) is 16.6. The van der Waals surface area contributed by atoms with Gasteiger partial charge in [0.15, 0.2) is 5.82 Å². The second-order valence-electron chi connectivity index (χ2n) is 6.73. The van der Waals surface area contributed by atoms with E-state index < -0.39 is 0 Å². The molecule has 132 valence electrons. The third-order valence-electron chi connectivity index (χ3n) is 5.11.